The normalized spacial score (nSPS) is 42.0. The van der Waals surface area contributed by atoms with E-state index in [4.69, 9.17) is 5.11 Å². The van der Waals surface area contributed by atoms with Crippen LogP contribution in [0.5, 0.6) is 0 Å². The van der Waals surface area contributed by atoms with E-state index in [-0.39, 0.29) is 12.0 Å². The molecule has 2 N–H and O–H groups in total. The van der Waals surface area contributed by atoms with E-state index in [1.165, 1.54) is 31.3 Å². The molecule has 2 rings (SSSR count). The van der Waals surface area contributed by atoms with Crippen molar-refractivity contribution in [3.8, 4) is 0 Å². The van der Waals surface area contributed by atoms with Crippen molar-refractivity contribution < 1.29 is 10.2 Å². The lowest BCUT2D eigenvalue weighted by atomic mass is 9.45. The SMILES string of the molecule is C/C(=C\CO)CCC1[C@@]2(C)CCCC(C)(C)C2CC[C@@]1(C)O. The molecule has 22 heavy (non-hydrogen) atoms. The molecule has 4 atom stereocenters. The summed E-state index contributed by atoms with van der Waals surface area (Å²) in [5.41, 5.74) is 1.36. The van der Waals surface area contributed by atoms with Gasteiger partial charge in [0.05, 0.1) is 12.2 Å². The number of hydrogen-bond donors (Lipinski definition) is 2. The number of hydrogen-bond acceptors (Lipinski definition) is 2. The van der Waals surface area contributed by atoms with Crippen molar-refractivity contribution >= 4 is 0 Å². The predicted octanol–water partition coefficient (Wildman–Crippen LogP) is 4.70. The van der Waals surface area contributed by atoms with Crippen molar-refractivity contribution in [2.75, 3.05) is 6.61 Å². The van der Waals surface area contributed by atoms with Gasteiger partial charge in [-0.1, -0.05) is 38.8 Å². The lowest BCUT2D eigenvalue weighted by Gasteiger charge is -2.61. The van der Waals surface area contributed by atoms with Gasteiger partial charge in [-0.3, -0.25) is 0 Å². The van der Waals surface area contributed by atoms with Crippen LogP contribution in [0, 0.1) is 22.7 Å². The summed E-state index contributed by atoms with van der Waals surface area (Å²) in [7, 11) is 0. The van der Waals surface area contributed by atoms with E-state index in [9.17, 15) is 5.11 Å². The molecule has 2 fully saturated rings. The molecular weight excluding hydrogens is 272 g/mol. The van der Waals surface area contributed by atoms with Gasteiger partial charge in [-0.25, -0.2) is 0 Å². The van der Waals surface area contributed by atoms with Crippen molar-refractivity contribution in [1.29, 1.82) is 0 Å². The van der Waals surface area contributed by atoms with Gasteiger partial charge in [-0.2, -0.15) is 0 Å². The van der Waals surface area contributed by atoms with Gasteiger partial charge in [0, 0.05) is 0 Å². The lowest BCUT2D eigenvalue weighted by molar-refractivity contribution is -0.168. The minimum atomic E-state index is -0.543. The lowest BCUT2D eigenvalue weighted by Crippen LogP contribution is -2.57. The van der Waals surface area contributed by atoms with Crippen LogP contribution in [0.15, 0.2) is 11.6 Å². The third kappa shape index (κ3) is 3.28. The first-order valence-electron chi connectivity index (χ1n) is 9.12. The highest BCUT2D eigenvalue weighted by atomic mass is 16.3. The van der Waals surface area contributed by atoms with E-state index in [1.807, 2.05) is 6.08 Å². The smallest absolute Gasteiger partial charge is 0.0653 e. The third-order valence-electron chi connectivity index (χ3n) is 7.03. The van der Waals surface area contributed by atoms with Crippen LogP contribution in [0.4, 0.5) is 0 Å². The Hall–Kier alpha value is -0.340. The van der Waals surface area contributed by atoms with Crippen molar-refractivity contribution in [2.24, 2.45) is 22.7 Å². The van der Waals surface area contributed by atoms with Crippen LogP contribution in [-0.4, -0.2) is 22.4 Å². The van der Waals surface area contributed by atoms with Crippen LogP contribution in [-0.2, 0) is 0 Å². The summed E-state index contributed by atoms with van der Waals surface area (Å²) in [4.78, 5) is 0. The van der Waals surface area contributed by atoms with Gasteiger partial charge in [0.2, 0.25) is 0 Å². The molecule has 2 saturated carbocycles. The Kier molecular flexibility index (Phi) is 5.14. The topological polar surface area (TPSA) is 40.5 Å². The quantitative estimate of drug-likeness (QED) is 0.739. The molecule has 0 bridgehead atoms. The van der Waals surface area contributed by atoms with Crippen molar-refractivity contribution in [3.63, 3.8) is 0 Å². The van der Waals surface area contributed by atoms with Crippen LogP contribution in [0.3, 0.4) is 0 Å². The molecule has 0 aromatic heterocycles. The fraction of sp³-hybridized carbons (Fsp3) is 0.900. The Bertz CT molecular complexity index is 421. The Balaban J connectivity index is 2.24. The van der Waals surface area contributed by atoms with Crippen LogP contribution < -0.4 is 0 Å². The average Bonchev–Trinajstić information content (AvgIpc) is 2.36. The summed E-state index contributed by atoms with van der Waals surface area (Å²) in [6.45, 7) is 11.6. The van der Waals surface area contributed by atoms with E-state index in [2.05, 4.69) is 34.6 Å². The molecular formula is C20H36O2. The van der Waals surface area contributed by atoms with E-state index < -0.39 is 5.60 Å². The maximum absolute atomic E-state index is 11.1. The minimum Gasteiger partial charge on any atom is -0.392 e. The molecule has 0 aliphatic heterocycles. The van der Waals surface area contributed by atoms with Gasteiger partial charge in [0.1, 0.15) is 0 Å². The maximum Gasteiger partial charge on any atom is 0.0653 e. The first-order chi connectivity index (χ1) is 10.1. The molecule has 0 radical (unpaired) electrons. The second-order valence-corrected chi connectivity index (χ2v) is 9.12. The van der Waals surface area contributed by atoms with E-state index in [0.29, 0.717) is 11.3 Å². The van der Waals surface area contributed by atoms with Crippen molar-refractivity contribution in [2.45, 2.75) is 85.2 Å². The van der Waals surface area contributed by atoms with Crippen LogP contribution in [0.1, 0.15) is 79.6 Å². The summed E-state index contributed by atoms with van der Waals surface area (Å²) >= 11 is 0. The van der Waals surface area contributed by atoms with Gasteiger partial charge in [-0.05, 0) is 75.0 Å². The number of allylic oxidation sites excluding steroid dienone is 1. The first kappa shape index (κ1) is 18.0. The molecule has 0 aromatic rings. The van der Waals surface area contributed by atoms with E-state index in [0.717, 1.165) is 25.2 Å². The van der Waals surface area contributed by atoms with Crippen LogP contribution >= 0.6 is 0 Å². The summed E-state index contributed by atoms with van der Waals surface area (Å²) in [5.74, 6) is 1.08. The molecule has 0 spiro atoms. The second-order valence-electron chi connectivity index (χ2n) is 9.12. The highest BCUT2D eigenvalue weighted by Crippen LogP contribution is 2.62. The summed E-state index contributed by atoms with van der Waals surface area (Å²) in [6.07, 6.45) is 9.90. The standard InChI is InChI=1S/C20H36O2/c1-15(10-14-21)7-8-17-19(4)12-6-11-18(2,3)16(19)9-13-20(17,5)22/h10,16-17,21-22H,6-9,11-14H2,1-5H3/b15-10+/t16?,17?,19-,20+/m0/s1. The van der Waals surface area contributed by atoms with Gasteiger partial charge in [0.25, 0.3) is 0 Å². The summed E-state index contributed by atoms with van der Waals surface area (Å²) < 4.78 is 0. The predicted molar refractivity (Wildman–Crippen MR) is 92.7 cm³/mol. The fourth-order valence-electron chi connectivity index (χ4n) is 5.90. The molecule has 0 aromatic carbocycles. The summed E-state index contributed by atoms with van der Waals surface area (Å²) in [5, 5.41) is 20.1. The Labute approximate surface area is 137 Å². The maximum atomic E-state index is 11.1. The average molecular weight is 309 g/mol. The van der Waals surface area contributed by atoms with Gasteiger partial charge in [-0.15, -0.1) is 0 Å². The van der Waals surface area contributed by atoms with E-state index in [1.54, 1.807) is 0 Å². The highest BCUT2D eigenvalue weighted by Gasteiger charge is 2.57. The monoisotopic (exact) mass is 308 g/mol. The van der Waals surface area contributed by atoms with Crippen LogP contribution in [0.25, 0.3) is 0 Å². The number of aliphatic hydroxyl groups excluding tert-OH is 1. The molecule has 0 heterocycles. The molecule has 0 amide bonds. The largest absolute Gasteiger partial charge is 0.392 e. The summed E-state index contributed by atoms with van der Waals surface area (Å²) in [6, 6.07) is 0. The molecule has 2 aliphatic carbocycles. The Morgan fingerprint density at radius 2 is 1.82 bits per heavy atom. The number of rotatable bonds is 4. The van der Waals surface area contributed by atoms with Gasteiger partial charge >= 0.3 is 0 Å². The molecule has 0 saturated heterocycles. The molecule has 2 unspecified atom stereocenters. The Morgan fingerprint density at radius 1 is 1.14 bits per heavy atom. The van der Waals surface area contributed by atoms with Gasteiger partial charge in [0.15, 0.2) is 0 Å². The molecule has 2 nitrogen and oxygen atoms in total. The minimum absolute atomic E-state index is 0.125. The zero-order chi connectivity index (χ0) is 16.6. The van der Waals surface area contributed by atoms with Crippen LogP contribution in [0.2, 0.25) is 0 Å². The van der Waals surface area contributed by atoms with Crippen molar-refractivity contribution in [1.82, 2.24) is 0 Å². The number of fused-ring (bicyclic) bond motifs is 1. The van der Waals surface area contributed by atoms with E-state index >= 15 is 0 Å². The highest BCUT2D eigenvalue weighted by molar-refractivity contribution is 5.09. The number of aliphatic hydroxyl groups is 2. The van der Waals surface area contributed by atoms with Crippen molar-refractivity contribution in [3.05, 3.63) is 11.6 Å². The Morgan fingerprint density at radius 3 is 2.45 bits per heavy atom. The molecule has 128 valence electrons. The van der Waals surface area contributed by atoms with Gasteiger partial charge < -0.3 is 10.2 Å². The zero-order valence-electron chi connectivity index (χ0n) is 15.3. The first-order valence-corrected chi connectivity index (χ1v) is 9.12. The fourth-order valence-corrected chi connectivity index (χ4v) is 5.90. The molecule has 2 heteroatoms. The second kappa shape index (κ2) is 6.28. The third-order valence-corrected chi connectivity index (χ3v) is 7.03. The molecule has 2 aliphatic rings. The zero-order valence-corrected chi connectivity index (χ0v) is 15.3.